The summed E-state index contributed by atoms with van der Waals surface area (Å²) in [4.78, 5) is 0. The predicted octanol–water partition coefficient (Wildman–Crippen LogP) is 4.54. The zero-order valence-electron chi connectivity index (χ0n) is 13.5. The second-order valence-corrected chi connectivity index (χ2v) is 7.12. The van der Waals surface area contributed by atoms with Crippen LogP contribution in [-0.2, 0) is 4.74 Å². The quantitative estimate of drug-likeness (QED) is 0.870. The highest BCUT2D eigenvalue weighted by Crippen LogP contribution is 2.48. The normalized spacial score (nSPS) is 31.8. The van der Waals surface area contributed by atoms with Gasteiger partial charge >= 0.3 is 0 Å². The number of rotatable bonds is 2. The Balaban J connectivity index is 1.67. The number of hydrogen-bond donors (Lipinski definition) is 1. The van der Waals surface area contributed by atoms with E-state index < -0.39 is 0 Å². The van der Waals surface area contributed by atoms with Gasteiger partial charge in [-0.15, -0.1) is 0 Å². The molecule has 0 spiro atoms. The number of hydrogen-bond acceptors (Lipinski definition) is 3. The number of methoxy groups -OCH3 is 1. The fourth-order valence-electron chi connectivity index (χ4n) is 4.77. The maximum Gasteiger partial charge on any atom is 0.119 e. The van der Waals surface area contributed by atoms with Crippen LogP contribution in [0.4, 0.5) is 5.69 Å². The van der Waals surface area contributed by atoms with Crippen LogP contribution in [0.15, 0.2) is 18.2 Å². The summed E-state index contributed by atoms with van der Waals surface area (Å²) in [5.74, 6) is 2.37. The van der Waals surface area contributed by atoms with Crippen molar-refractivity contribution in [3.63, 3.8) is 0 Å². The third kappa shape index (κ3) is 2.50. The molecule has 2 aliphatic heterocycles. The molecule has 1 aromatic rings. The molecule has 1 N–H and O–H groups in total. The molecule has 0 bridgehead atoms. The third-order valence-corrected chi connectivity index (χ3v) is 5.87. The number of ether oxygens (including phenoxy) is 2. The smallest absolute Gasteiger partial charge is 0.119 e. The van der Waals surface area contributed by atoms with Crippen LogP contribution in [0.2, 0.25) is 0 Å². The van der Waals surface area contributed by atoms with E-state index in [9.17, 15) is 0 Å². The Labute approximate surface area is 133 Å². The van der Waals surface area contributed by atoms with Crippen molar-refractivity contribution < 1.29 is 9.47 Å². The van der Waals surface area contributed by atoms with E-state index in [2.05, 4.69) is 23.5 Å². The van der Waals surface area contributed by atoms with Crippen molar-refractivity contribution in [2.75, 3.05) is 19.0 Å². The van der Waals surface area contributed by atoms with Crippen molar-refractivity contribution in [1.29, 1.82) is 0 Å². The van der Waals surface area contributed by atoms with Gasteiger partial charge < -0.3 is 14.8 Å². The van der Waals surface area contributed by atoms with Gasteiger partial charge in [-0.05, 0) is 49.8 Å². The first-order valence-corrected chi connectivity index (χ1v) is 8.93. The molecule has 0 radical (unpaired) electrons. The molecule has 1 saturated heterocycles. The Morgan fingerprint density at radius 3 is 2.77 bits per heavy atom. The number of benzene rings is 1. The average Bonchev–Trinajstić information content (AvgIpc) is 2.61. The Kier molecular flexibility index (Phi) is 4.00. The van der Waals surface area contributed by atoms with E-state index in [-0.39, 0.29) is 6.10 Å². The van der Waals surface area contributed by atoms with E-state index in [4.69, 9.17) is 9.47 Å². The monoisotopic (exact) mass is 301 g/mol. The molecule has 2 fully saturated rings. The van der Waals surface area contributed by atoms with Gasteiger partial charge in [-0.3, -0.25) is 0 Å². The van der Waals surface area contributed by atoms with Crippen molar-refractivity contribution in [1.82, 2.24) is 0 Å². The van der Waals surface area contributed by atoms with E-state index in [1.165, 1.54) is 56.2 Å². The fourth-order valence-corrected chi connectivity index (χ4v) is 4.77. The topological polar surface area (TPSA) is 30.5 Å². The summed E-state index contributed by atoms with van der Waals surface area (Å²) in [6.07, 6.45) is 9.72. The molecule has 22 heavy (non-hydrogen) atoms. The van der Waals surface area contributed by atoms with E-state index in [1.807, 2.05) is 0 Å². The first kappa shape index (κ1) is 14.4. The molecule has 0 aromatic heterocycles. The standard InChI is InChI=1S/C19H27NO2/c1-21-14-9-10-17-16(12-14)19-15(8-5-11-22-19)18(20-17)13-6-3-2-4-7-13/h9-10,12-13,15,18-20H,2-8,11H2,1H3. The molecule has 1 aromatic carbocycles. The molecule has 3 unspecified atom stereocenters. The molecule has 1 saturated carbocycles. The van der Waals surface area contributed by atoms with Crippen LogP contribution in [-0.4, -0.2) is 19.8 Å². The van der Waals surface area contributed by atoms with E-state index in [0.29, 0.717) is 12.0 Å². The lowest BCUT2D eigenvalue weighted by Gasteiger charge is -2.47. The second kappa shape index (κ2) is 6.11. The summed E-state index contributed by atoms with van der Waals surface area (Å²) in [5, 5.41) is 3.88. The summed E-state index contributed by atoms with van der Waals surface area (Å²) in [7, 11) is 1.74. The van der Waals surface area contributed by atoms with Crippen LogP contribution >= 0.6 is 0 Å². The molecule has 0 amide bonds. The van der Waals surface area contributed by atoms with Crippen molar-refractivity contribution in [3.05, 3.63) is 23.8 Å². The minimum absolute atomic E-state index is 0.257. The zero-order chi connectivity index (χ0) is 14.9. The molecule has 4 rings (SSSR count). The highest BCUT2D eigenvalue weighted by Gasteiger charge is 2.42. The van der Waals surface area contributed by atoms with Gasteiger partial charge in [0.25, 0.3) is 0 Å². The SMILES string of the molecule is COc1ccc2c(c1)C1OCCCC1C(C1CCCCC1)N2. The van der Waals surface area contributed by atoms with Gasteiger partial charge in [0.1, 0.15) is 5.75 Å². The summed E-state index contributed by atoms with van der Waals surface area (Å²) in [6, 6.07) is 7.00. The molecule has 1 aliphatic carbocycles. The Hall–Kier alpha value is -1.22. The molecular formula is C19H27NO2. The van der Waals surface area contributed by atoms with Crippen molar-refractivity contribution in [2.24, 2.45) is 11.8 Å². The highest BCUT2D eigenvalue weighted by molar-refractivity contribution is 5.58. The van der Waals surface area contributed by atoms with Crippen LogP contribution in [0.25, 0.3) is 0 Å². The molecule has 3 atom stereocenters. The Bertz CT molecular complexity index is 524. The van der Waals surface area contributed by atoms with Crippen LogP contribution in [0.3, 0.4) is 0 Å². The number of fused-ring (bicyclic) bond motifs is 3. The zero-order valence-corrected chi connectivity index (χ0v) is 13.5. The Morgan fingerprint density at radius 2 is 1.95 bits per heavy atom. The summed E-state index contributed by atoms with van der Waals surface area (Å²) >= 11 is 0. The van der Waals surface area contributed by atoms with Gasteiger partial charge in [0.05, 0.1) is 13.2 Å². The average molecular weight is 301 g/mol. The lowest BCUT2D eigenvalue weighted by atomic mass is 9.71. The number of anilines is 1. The third-order valence-electron chi connectivity index (χ3n) is 5.87. The molecular weight excluding hydrogens is 274 g/mol. The van der Waals surface area contributed by atoms with Crippen molar-refractivity contribution in [2.45, 2.75) is 57.1 Å². The van der Waals surface area contributed by atoms with E-state index in [0.717, 1.165) is 18.3 Å². The molecule has 3 aliphatic rings. The largest absolute Gasteiger partial charge is 0.497 e. The van der Waals surface area contributed by atoms with Gasteiger partial charge in [-0.2, -0.15) is 0 Å². The highest BCUT2D eigenvalue weighted by atomic mass is 16.5. The van der Waals surface area contributed by atoms with Gasteiger partial charge in [0.15, 0.2) is 0 Å². The first-order valence-electron chi connectivity index (χ1n) is 8.93. The summed E-state index contributed by atoms with van der Waals surface area (Å²) in [5.41, 5.74) is 2.57. The second-order valence-electron chi connectivity index (χ2n) is 7.12. The molecule has 120 valence electrons. The Morgan fingerprint density at radius 1 is 1.09 bits per heavy atom. The van der Waals surface area contributed by atoms with E-state index >= 15 is 0 Å². The van der Waals surface area contributed by atoms with Crippen molar-refractivity contribution in [3.8, 4) is 5.75 Å². The summed E-state index contributed by atoms with van der Waals surface area (Å²) < 4.78 is 11.7. The minimum atomic E-state index is 0.257. The van der Waals surface area contributed by atoms with Gasteiger partial charge in [-0.25, -0.2) is 0 Å². The van der Waals surface area contributed by atoms with E-state index in [1.54, 1.807) is 7.11 Å². The fraction of sp³-hybridized carbons (Fsp3) is 0.684. The first-order chi connectivity index (χ1) is 10.9. The lowest BCUT2D eigenvalue weighted by molar-refractivity contribution is -0.0458. The maximum absolute atomic E-state index is 6.23. The van der Waals surface area contributed by atoms with Crippen LogP contribution < -0.4 is 10.1 Å². The van der Waals surface area contributed by atoms with Gasteiger partial charge in [-0.1, -0.05) is 19.3 Å². The summed E-state index contributed by atoms with van der Waals surface area (Å²) in [6.45, 7) is 0.898. The minimum Gasteiger partial charge on any atom is -0.497 e. The molecule has 3 heteroatoms. The maximum atomic E-state index is 6.23. The molecule has 3 nitrogen and oxygen atoms in total. The van der Waals surface area contributed by atoms with Crippen LogP contribution in [0.5, 0.6) is 5.75 Å². The van der Waals surface area contributed by atoms with Gasteiger partial charge in [0.2, 0.25) is 0 Å². The predicted molar refractivity (Wildman–Crippen MR) is 88.4 cm³/mol. The van der Waals surface area contributed by atoms with Crippen molar-refractivity contribution >= 4 is 5.69 Å². The van der Waals surface area contributed by atoms with Crippen LogP contribution in [0.1, 0.15) is 56.6 Å². The van der Waals surface area contributed by atoms with Crippen LogP contribution in [0, 0.1) is 11.8 Å². The number of nitrogens with one attached hydrogen (secondary N) is 1. The van der Waals surface area contributed by atoms with Gasteiger partial charge in [0, 0.05) is 29.8 Å². The lowest BCUT2D eigenvalue weighted by Crippen LogP contribution is -2.46. The molecule has 2 heterocycles.